The monoisotopic (exact) mass is 526 g/mol. The van der Waals surface area contributed by atoms with Crippen molar-refractivity contribution in [1.29, 1.82) is 0 Å². The number of pyridine rings is 1. The van der Waals surface area contributed by atoms with E-state index in [1.165, 1.54) is 30.3 Å². The molecule has 1 aromatic carbocycles. The Morgan fingerprint density at radius 1 is 1.18 bits per heavy atom. The van der Waals surface area contributed by atoms with Gasteiger partial charge in [0.1, 0.15) is 11.0 Å². The van der Waals surface area contributed by atoms with Crippen molar-refractivity contribution in [3.63, 3.8) is 0 Å². The molecule has 11 heteroatoms. The molecule has 0 saturated carbocycles. The number of aliphatic carboxylic acids is 1. The van der Waals surface area contributed by atoms with Crippen LogP contribution in [0.4, 0.5) is 10.1 Å². The van der Waals surface area contributed by atoms with E-state index >= 15 is 4.39 Å². The Morgan fingerprint density at radius 2 is 1.88 bits per heavy atom. The first kappa shape index (κ1) is 26.0. The van der Waals surface area contributed by atoms with Crippen molar-refractivity contribution >= 4 is 58.5 Å². The Balaban J connectivity index is 2.08. The summed E-state index contributed by atoms with van der Waals surface area (Å²) in [5, 5.41) is 9.94. The van der Waals surface area contributed by atoms with Crippen molar-refractivity contribution in [2.75, 3.05) is 17.8 Å². The van der Waals surface area contributed by atoms with E-state index in [0.717, 1.165) is 17.8 Å². The molecule has 180 valence electrons. The summed E-state index contributed by atoms with van der Waals surface area (Å²) in [5.74, 6) is -3.11. The Bertz CT molecular complexity index is 1140. The van der Waals surface area contributed by atoms with Crippen LogP contribution in [-0.2, 0) is 25.7 Å². The zero-order valence-electron chi connectivity index (χ0n) is 18.1. The molecule has 1 amide bonds. The van der Waals surface area contributed by atoms with Crippen molar-refractivity contribution in [2.24, 2.45) is 0 Å². The molecule has 0 aliphatic heterocycles. The van der Waals surface area contributed by atoms with Crippen LogP contribution in [0.3, 0.4) is 0 Å². The topological polar surface area (TPSA) is 96.8 Å². The van der Waals surface area contributed by atoms with Gasteiger partial charge in [-0.1, -0.05) is 29.3 Å². The smallest absolute Gasteiger partial charge is 0.332 e. The first-order valence-electron chi connectivity index (χ1n) is 10.3. The second-order valence-corrected chi connectivity index (χ2v) is 9.26. The Labute approximate surface area is 209 Å². The molecule has 7 nitrogen and oxygen atoms in total. The van der Waals surface area contributed by atoms with Crippen LogP contribution in [0.1, 0.15) is 31.2 Å². The van der Waals surface area contributed by atoms with Gasteiger partial charge in [0.2, 0.25) is 0 Å². The highest BCUT2D eigenvalue weighted by atomic mass is 35.5. The molecule has 1 aliphatic rings. The molecule has 0 radical (unpaired) electrons. The highest BCUT2D eigenvalue weighted by Gasteiger charge is 2.30. The van der Waals surface area contributed by atoms with E-state index in [1.54, 1.807) is 6.07 Å². The molecular weight excluding hydrogens is 506 g/mol. The number of hydrogen-bond donors (Lipinski definition) is 1. The van der Waals surface area contributed by atoms with Crippen molar-refractivity contribution in [3.8, 4) is 0 Å². The van der Waals surface area contributed by atoms with Crippen molar-refractivity contribution < 1.29 is 28.6 Å². The number of ether oxygens (including phenoxy) is 1. The standard InChI is InChI=1S/C23H21Cl2FN2O5S/c1-33-21(29)12-34-19-9-18(17(26)8-16(19)24)28(11-13-6-7-20(25)27-10-13)22(30)14-4-2-3-5-15(14)23(31)32/h6-10H,2-5,11-12H2,1H3,(H,31,32). The summed E-state index contributed by atoms with van der Waals surface area (Å²) in [7, 11) is 1.25. The molecule has 2 aromatic rings. The van der Waals surface area contributed by atoms with Crippen LogP contribution >= 0.6 is 35.0 Å². The molecule has 1 aromatic heterocycles. The molecule has 3 rings (SSSR count). The van der Waals surface area contributed by atoms with Crippen LogP contribution in [0.25, 0.3) is 0 Å². The van der Waals surface area contributed by atoms with Gasteiger partial charge in [0.15, 0.2) is 0 Å². The van der Waals surface area contributed by atoms with Crippen LogP contribution in [0.15, 0.2) is 46.5 Å². The molecule has 0 spiro atoms. The first-order chi connectivity index (χ1) is 16.2. The predicted molar refractivity (Wildman–Crippen MR) is 128 cm³/mol. The molecule has 1 heterocycles. The average Bonchev–Trinajstić information content (AvgIpc) is 2.82. The van der Waals surface area contributed by atoms with E-state index in [-0.39, 0.29) is 52.1 Å². The first-order valence-corrected chi connectivity index (χ1v) is 12.0. The molecule has 0 fully saturated rings. The number of methoxy groups -OCH3 is 1. The number of esters is 1. The highest BCUT2D eigenvalue weighted by Crippen LogP contribution is 2.36. The minimum absolute atomic E-state index is 0.0325. The number of anilines is 1. The summed E-state index contributed by atoms with van der Waals surface area (Å²) in [6, 6.07) is 5.61. The van der Waals surface area contributed by atoms with E-state index in [4.69, 9.17) is 23.2 Å². The lowest BCUT2D eigenvalue weighted by molar-refractivity contribution is -0.137. The number of carbonyl (C=O) groups is 3. The summed E-state index contributed by atoms with van der Waals surface area (Å²) in [6.07, 6.45) is 3.29. The quantitative estimate of drug-likeness (QED) is 0.284. The van der Waals surface area contributed by atoms with Crippen LogP contribution < -0.4 is 4.90 Å². The number of carboxylic acids is 1. The van der Waals surface area contributed by atoms with Crippen molar-refractivity contribution in [3.05, 3.63) is 63.2 Å². The van der Waals surface area contributed by atoms with Crippen LogP contribution in [0.2, 0.25) is 10.2 Å². The second kappa shape index (κ2) is 11.7. The van der Waals surface area contributed by atoms with E-state index in [1.807, 2.05) is 0 Å². The molecule has 0 atom stereocenters. The molecular formula is C23H21Cl2FN2O5S. The Morgan fingerprint density at radius 3 is 2.50 bits per heavy atom. The van der Waals surface area contributed by atoms with Crippen LogP contribution in [0.5, 0.6) is 0 Å². The third-order valence-electron chi connectivity index (χ3n) is 5.22. The van der Waals surface area contributed by atoms with Gasteiger partial charge in [-0.2, -0.15) is 0 Å². The highest BCUT2D eigenvalue weighted by molar-refractivity contribution is 8.00. The van der Waals surface area contributed by atoms with E-state index in [0.29, 0.717) is 23.3 Å². The van der Waals surface area contributed by atoms with Gasteiger partial charge in [-0.25, -0.2) is 14.2 Å². The van der Waals surface area contributed by atoms with E-state index in [2.05, 4.69) is 9.72 Å². The normalized spacial score (nSPS) is 13.5. The third-order valence-corrected chi connectivity index (χ3v) is 6.90. The number of hydrogen-bond acceptors (Lipinski definition) is 6. The van der Waals surface area contributed by atoms with Crippen molar-refractivity contribution in [1.82, 2.24) is 4.98 Å². The number of carbonyl (C=O) groups excluding carboxylic acids is 2. The van der Waals surface area contributed by atoms with Gasteiger partial charge in [-0.15, -0.1) is 11.8 Å². The average molecular weight is 527 g/mol. The largest absolute Gasteiger partial charge is 0.478 e. The molecule has 0 saturated heterocycles. The molecule has 0 unspecified atom stereocenters. The molecule has 1 aliphatic carbocycles. The third kappa shape index (κ3) is 6.28. The minimum Gasteiger partial charge on any atom is -0.478 e. The molecule has 1 N–H and O–H groups in total. The zero-order valence-corrected chi connectivity index (χ0v) is 20.5. The van der Waals surface area contributed by atoms with Gasteiger partial charge in [0, 0.05) is 22.2 Å². The number of halogens is 3. The maximum Gasteiger partial charge on any atom is 0.332 e. The van der Waals surface area contributed by atoms with Crippen LogP contribution in [0, 0.1) is 5.82 Å². The number of rotatable bonds is 8. The molecule has 34 heavy (non-hydrogen) atoms. The fourth-order valence-corrected chi connectivity index (χ4v) is 4.73. The van der Waals surface area contributed by atoms with E-state index in [9.17, 15) is 19.5 Å². The summed E-state index contributed by atoms with van der Waals surface area (Å²) < 4.78 is 19.8. The fraction of sp³-hybridized carbons (Fsp3) is 0.304. The van der Waals surface area contributed by atoms with Gasteiger partial charge in [0.05, 0.1) is 30.1 Å². The van der Waals surface area contributed by atoms with Gasteiger partial charge in [0.25, 0.3) is 5.91 Å². The van der Waals surface area contributed by atoms with Gasteiger partial charge < -0.3 is 14.7 Å². The number of thioether (sulfide) groups is 1. The lowest BCUT2D eigenvalue weighted by Gasteiger charge is -2.27. The summed E-state index contributed by atoms with van der Waals surface area (Å²) in [5.41, 5.74) is 0.632. The fourth-order valence-electron chi connectivity index (χ4n) is 3.52. The number of aromatic nitrogens is 1. The number of benzene rings is 1. The predicted octanol–water partition coefficient (Wildman–Crippen LogP) is 5.28. The van der Waals surface area contributed by atoms with Crippen molar-refractivity contribution in [2.45, 2.75) is 37.1 Å². The molecule has 0 bridgehead atoms. The lowest BCUT2D eigenvalue weighted by Crippen LogP contribution is -2.34. The summed E-state index contributed by atoms with van der Waals surface area (Å²) in [4.78, 5) is 42.5. The summed E-state index contributed by atoms with van der Waals surface area (Å²) >= 11 is 13.1. The maximum atomic E-state index is 15.1. The number of nitrogens with zero attached hydrogens (tertiary/aromatic N) is 2. The SMILES string of the molecule is COC(=O)CSc1cc(N(Cc2ccc(Cl)nc2)C(=O)C2=C(C(=O)O)CCCC2)c(F)cc1Cl. The number of carboxylic acid groups (broad SMARTS) is 1. The lowest BCUT2D eigenvalue weighted by atomic mass is 9.90. The maximum absolute atomic E-state index is 15.1. The number of amides is 1. The van der Waals surface area contributed by atoms with E-state index < -0.39 is 23.7 Å². The Hall–Kier alpha value is -2.62. The van der Waals surface area contributed by atoms with Crippen LogP contribution in [-0.4, -0.2) is 40.8 Å². The summed E-state index contributed by atoms with van der Waals surface area (Å²) in [6.45, 7) is -0.0843. The van der Waals surface area contributed by atoms with Gasteiger partial charge >= 0.3 is 11.9 Å². The van der Waals surface area contributed by atoms with Gasteiger partial charge in [-0.3, -0.25) is 9.59 Å². The second-order valence-electron chi connectivity index (χ2n) is 7.45. The minimum atomic E-state index is -1.16. The Kier molecular flexibility index (Phi) is 8.93. The zero-order chi connectivity index (χ0) is 24.8. The van der Waals surface area contributed by atoms with Gasteiger partial charge in [-0.05, 0) is 49.4 Å².